The van der Waals surface area contributed by atoms with Crippen LogP contribution in [0.3, 0.4) is 0 Å². The maximum Gasteiger partial charge on any atom is 0.305 e. The van der Waals surface area contributed by atoms with Crippen molar-refractivity contribution in [2.24, 2.45) is 0 Å². The molecule has 0 aromatic rings. The summed E-state index contributed by atoms with van der Waals surface area (Å²) in [5, 5.41) is 11.2. The molecule has 0 radical (unpaired) electrons. The molecule has 0 unspecified atom stereocenters. The van der Waals surface area contributed by atoms with E-state index in [1.54, 1.807) is 0 Å². The first kappa shape index (κ1) is 53.1. The third kappa shape index (κ3) is 48.2. The molecule has 0 atom stereocenters. The van der Waals surface area contributed by atoms with Crippen LogP contribution < -0.4 is 5.32 Å². The summed E-state index contributed by atoms with van der Waals surface area (Å²) >= 11 is 0. The first-order valence-corrected chi connectivity index (χ1v) is 21.3. The number of hydrogen-bond donors (Lipinski definition) is 2. The van der Waals surface area contributed by atoms with Crippen molar-refractivity contribution in [1.29, 1.82) is 0 Å². The van der Waals surface area contributed by atoms with E-state index in [1.165, 1.54) is 83.5 Å². The number of unbranched alkanes of at least 4 members (excludes halogenated alkanes) is 14. The van der Waals surface area contributed by atoms with Crippen LogP contribution in [0, 0.1) is 0 Å². The number of rotatable bonds is 47. The van der Waals surface area contributed by atoms with Crippen molar-refractivity contribution in [3.63, 3.8) is 0 Å². The Labute approximate surface area is 332 Å². The number of carbonyl (C=O) groups excluding carboxylic acids is 2. The van der Waals surface area contributed by atoms with E-state index in [9.17, 15) is 14.4 Å². The Morgan fingerprint density at radius 1 is 0.382 bits per heavy atom. The molecule has 0 aliphatic rings. The predicted octanol–water partition coefficient (Wildman–Crippen LogP) is 6.30. The molecular weight excluding hydrogens is 714 g/mol. The van der Waals surface area contributed by atoms with Gasteiger partial charge in [-0.3, -0.25) is 14.4 Å². The van der Waals surface area contributed by atoms with Crippen molar-refractivity contribution in [1.82, 2.24) is 5.32 Å². The summed E-state index contributed by atoms with van der Waals surface area (Å²) in [6.07, 6.45) is 20.6. The van der Waals surface area contributed by atoms with E-state index in [4.69, 9.17) is 47.7 Å². The van der Waals surface area contributed by atoms with Crippen LogP contribution in [0.1, 0.15) is 129 Å². The highest BCUT2D eigenvalue weighted by Gasteiger charge is 2.05. The normalized spacial score (nSPS) is 11.3. The minimum atomic E-state index is -0.983. The highest BCUT2D eigenvalue weighted by Crippen LogP contribution is 2.14. The van der Waals surface area contributed by atoms with Crippen LogP contribution in [0.5, 0.6) is 0 Å². The lowest BCUT2D eigenvalue weighted by atomic mass is 10.0. The van der Waals surface area contributed by atoms with Crippen molar-refractivity contribution >= 4 is 17.8 Å². The van der Waals surface area contributed by atoms with Crippen molar-refractivity contribution < 1.29 is 62.1 Å². The van der Waals surface area contributed by atoms with Gasteiger partial charge >= 0.3 is 11.9 Å². The van der Waals surface area contributed by atoms with Gasteiger partial charge in [0.15, 0.2) is 0 Å². The van der Waals surface area contributed by atoms with Gasteiger partial charge in [-0.25, -0.2) is 0 Å². The van der Waals surface area contributed by atoms with Crippen LogP contribution in [0.4, 0.5) is 0 Å². The summed E-state index contributed by atoms with van der Waals surface area (Å²) in [5.74, 6) is -1.39. The third-order valence-corrected chi connectivity index (χ3v) is 8.43. The van der Waals surface area contributed by atoms with Crippen molar-refractivity contribution in [2.45, 2.75) is 129 Å². The minimum absolute atomic E-state index is 0.0108. The number of nitrogens with one attached hydrogen (secondary N) is 1. The average Bonchev–Trinajstić information content (AvgIpc) is 3.17. The van der Waals surface area contributed by atoms with Crippen LogP contribution in [0.25, 0.3) is 0 Å². The monoisotopic (exact) mass is 794 g/mol. The molecule has 14 nitrogen and oxygen atoms in total. The molecule has 0 saturated carbocycles. The van der Waals surface area contributed by atoms with Gasteiger partial charge in [-0.15, -0.1) is 0 Å². The number of aliphatic carboxylic acids is 1. The highest BCUT2D eigenvalue weighted by atomic mass is 16.6. The Morgan fingerprint density at radius 3 is 1.07 bits per heavy atom. The Bertz CT molecular complexity index is 821. The number of carboxylic acid groups (broad SMARTS) is 1. The Morgan fingerprint density at radius 2 is 0.709 bits per heavy atom. The van der Waals surface area contributed by atoms with Gasteiger partial charge in [0.25, 0.3) is 0 Å². The van der Waals surface area contributed by atoms with E-state index in [0.717, 1.165) is 12.8 Å². The largest absolute Gasteiger partial charge is 0.481 e. The number of esters is 1. The molecule has 0 aliphatic carbocycles. The fourth-order valence-electron chi connectivity index (χ4n) is 5.28. The van der Waals surface area contributed by atoms with E-state index in [2.05, 4.69) is 12.2 Å². The fraction of sp³-hybridized carbons (Fsp3) is 0.927. The molecule has 0 saturated heterocycles. The third-order valence-electron chi connectivity index (χ3n) is 8.43. The van der Waals surface area contributed by atoms with Gasteiger partial charge < -0.3 is 53.1 Å². The van der Waals surface area contributed by atoms with Gasteiger partial charge in [-0.2, -0.15) is 0 Å². The molecule has 0 aliphatic heterocycles. The Kier molecular flexibility index (Phi) is 44.9. The first-order valence-electron chi connectivity index (χ1n) is 21.3. The van der Waals surface area contributed by atoms with Crippen LogP contribution in [0.15, 0.2) is 0 Å². The van der Waals surface area contributed by atoms with Crippen LogP contribution in [0.2, 0.25) is 0 Å². The van der Waals surface area contributed by atoms with Gasteiger partial charge in [-0.05, 0) is 12.8 Å². The van der Waals surface area contributed by atoms with Crippen LogP contribution in [-0.2, 0) is 57.0 Å². The number of carbonyl (C=O) groups is 3. The van der Waals surface area contributed by atoms with Crippen LogP contribution >= 0.6 is 0 Å². The molecule has 14 heteroatoms. The van der Waals surface area contributed by atoms with E-state index in [-0.39, 0.29) is 31.3 Å². The lowest BCUT2D eigenvalue weighted by Crippen LogP contribution is -2.25. The molecule has 1 amide bonds. The molecule has 0 aromatic carbocycles. The predicted molar refractivity (Wildman–Crippen MR) is 212 cm³/mol. The topological polar surface area (TPSA) is 167 Å². The zero-order valence-corrected chi connectivity index (χ0v) is 34.5. The van der Waals surface area contributed by atoms with Gasteiger partial charge in [0.05, 0.1) is 106 Å². The summed E-state index contributed by atoms with van der Waals surface area (Å²) < 4.78 is 49.0. The minimum Gasteiger partial charge on any atom is -0.481 e. The molecule has 326 valence electrons. The smallest absolute Gasteiger partial charge is 0.305 e. The summed E-state index contributed by atoms with van der Waals surface area (Å²) in [6, 6.07) is 0. The maximum absolute atomic E-state index is 11.9. The number of amides is 1. The fourth-order valence-corrected chi connectivity index (χ4v) is 5.28. The average molecular weight is 794 g/mol. The summed E-state index contributed by atoms with van der Waals surface area (Å²) in [7, 11) is 0. The summed E-state index contributed by atoms with van der Waals surface area (Å²) in [6.45, 7) is 10.4. The summed E-state index contributed by atoms with van der Waals surface area (Å²) in [4.78, 5) is 33.7. The van der Waals surface area contributed by atoms with Gasteiger partial charge in [0, 0.05) is 26.0 Å². The molecule has 0 rings (SSSR count). The van der Waals surface area contributed by atoms with E-state index >= 15 is 0 Å². The van der Waals surface area contributed by atoms with Gasteiger partial charge in [0.2, 0.25) is 5.91 Å². The quantitative estimate of drug-likeness (QED) is 0.0522. The summed E-state index contributed by atoms with van der Waals surface area (Å²) in [5.41, 5.74) is 0. The number of carboxylic acids is 1. The molecule has 0 bridgehead atoms. The zero-order valence-electron chi connectivity index (χ0n) is 34.5. The van der Waals surface area contributed by atoms with Crippen LogP contribution in [-0.4, -0.2) is 142 Å². The Balaban J connectivity index is 3.16. The van der Waals surface area contributed by atoms with E-state index in [1.807, 2.05) is 0 Å². The molecule has 0 aromatic heterocycles. The van der Waals surface area contributed by atoms with Gasteiger partial charge in [-0.1, -0.05) is 96.8 Å². The van der Waals surface area contributed by atoms with Crippen molar-refractivity contribution in [3.05, 3.63) is 0 Å². The second-order valence-electron chi connectivity index (χ2n) is 13.4. The lowest BCUT2D eigenvalue weighted by molar-refractivity contribution is -0.145. The molecule has 0 heterocycles. The molecule has 2 N–H and O–H groups in total. The van der Waals surface area contributed by atoms with Crippen molar-refractivity contribution in [2.75, 3.05) is 119 Å². The second kappa shape index (κ2) is 46.5. The zero-order chi connectivity index (χ0) is 40.0. The second-order valence-corrected chi connectivity index (χ2v) is 13.4. The van der Waals surface area contributed by atoms with Crippen molar-refractivity contribution in [3.8, 4) is 0 Å². The highest BCUT2D eigenvalue weighted by molar-refractivity contribution is 5.80. The number of hydrogen-bond acceptors (Lipinski definition) is 12. The van der Waals surface area contributed by atoms with E-state index < -0.39 is 5.97 Å². The maximum atomic E-state index is 11.9. The first-order chi connectivity index (χ1) is 27.1. The lowest BCUT2D eigenvalue weighted by Gasteiger charge is -2.09. The molecule has 0 fully saturated rings. The Hall–Kier alpha value is -1.91. The van der Waals surface area contributed by atoms with Gasteiger partial charge in [0.1, 0.15) is 6.61 Å². The molecule has 55 heavy (non-hydrogen) atoms. The van der Waals surface area contributed by atoms with E-state index in [0.29, 0.717) is 125 Å². The SMILES string of the molecule is CCCCCCCCCCCCCCCCCC(=O)OCCOCCOCCOCCOCCOCCOCCOCCOCCCNC(=O)CCC(=O)O. The molecule has 0 spiro atoms. The number of ether oxygens (including phenoxy) is 9. The molecular formula is C41H79NO13. The standard InChI is InChI=1S/C41H79NO13/c1-2-3-4-5-6-7-8-9-10-11-12-13-14-15-16-18-41(46)55-38-37-54-36-35-53-34-33-52-32-31-51-30-29-50-28-27-49-26-25-48-24-23-47-22-17-21-42-39(43)19-20-40(44)45/h2-38H2,1H3,(H,42,43)(H,44,45).